The number of amides is 2. The Balaban J connectivity index is 1.65. The molecular weight excluding hydrogens is 528 g/mol. The predicted molar refractivity (Wildman–Crippen MR) is 145 cm³/mol. The van der Waals surface area contributed by atoms with Crippen LogP contribution in [0.15, 0.2) is 18.2 Å². The molecule has 0 radical (unpaired) electrons. The van der Waals surface area contributed by atoms with Crippen molar-refractivity contribution in [3.63, 3.8) is 0 Å². The van der Waals surface area contributed by atoms with E-state index in [1.807, 2.05) is 26.1 Å². The minimum atomic E-state index is -2.91. The van der Waals surface area contributed by atoms with Crippen molar-refractivity contribution in [3.05, 3.63) is 28.8 Å². The molecule has 0 bridgehead atoms. The third-order valence-electron chi connectivity index (χ3n) is 8.47. The van der Waals surface area contributed by atoms with Crippen LogP contribution in [-0.4, -0.2) is 79.9 Å². The Bertz CT molecular complexity index is 1080. The van der Waals surface area contributed by atoms with Gasteiger partial charge >= 0.3 is 5.97 Å². The Morgan fingerprint density at radius 1 is 1.29 bits per heavy atom. The highest BCUT2D eigenvalue weighted by molar-refractivity contribution is 6.71. The summed E-state index contributed by atoms with van der Waals surface area (Å²) < 4.78 is 11.4. The number of anilines is 1. The summed E-state index contributed by atoms with van der Waals surface area (Å²) in [4.78, 5) is 53.9. The van der Waals surface area contributed by atoms with Gasteiger partial charge in [0.25, 0.3) is 5.91 Å². The average Bonchev–Trinajstić information content (AvgIpc) is 3.51. The van der Waals surface area contributed by atoms with Crippen LogP contribution in [0, 0.1) is 5.92 Å². The third kappa shape index (κ3) is 5.13. The molecule has 38 heavy (non-hydrogen) atoms. The first-order chi connectivity index (χ1) is 17.9. The quantitative estimate of drug-likeness (QED) is 0.268. The molecule has 4 rings (SSSR count). The number of fused-ring (bicyclic) bond motifs is 2. The lowest BCUT2D eigenvalue weighted by Crippen LogP contribution is -2.46. The van der Waals surface area contributed by atoms with Crippen LogP contribution in [0.25, 0.3) is 0 Å². The molecule has 1 aromatic carbocycles. The number of likely N-dealkylation sites (tertiary alicyclic amines) is 1. The number of ether oxygens (including phenoxy) is 2. The van der Waals surface area contributed by atoms with Gasteiger partial charge < -0.3 is 29.2 Å². The first kappa shape index (κ1) is 29.0. The van der Waals surface area contributed by atoms with Gasteiger partial charge in [-0.05, 0) is 57.0 Å². The molecule has 210 valence electrons. The maximum atomic E-state index is 14.2. The second-order valence-corrected chi connectivity index (χ2v) is 15.7. The summed E-state index contributed by atoms with van der Waals surface area (Å²) in [6.07, 6.45) is 2.41. The molecule has 1 aromatic rings. The molecule has 0 unspecified atom stereocenters. The van der Waals surface area contributed by atoms with Gasteiger partial charge in [0.15, 0.2) is 13.9 Å². The van der Waals surface area contributed by atoms with E-state index >= 15 is 0 Å². The standard InChI is InChI=1S/C27H39ClN2O7Si/c1-17-25(38(3,4)35)22(15-23(32)29-13-7-8-19(29)16-31)37-27(17)20-14-18(28)10-11-21(20)30(26(27)34)12-6-5-9-24(33)36-2/h10-11,14,17,19,22,25,31,35H,5-9,12-13,15-16H2,1-4H3/t17-,19-,22+,25-,27+/m0/s1. The number of nitrogens with zero attached hydrogens (tertiary/aromatic N) is 2. The van der Waals surface area contributed by atoms with Crippen molar-refractivity contribution < 1.29 is 33.8 Å². The van der Waals surface area contributed by atoms with Gasteiger partial charge in [-0.1, -0.05) is 18.5 Å². The molecule has 2 amide bonds. The minimum absolute atomic E-state index is 0.0343. The van der Waals surface area contributed by atoms with E-state index in [0.29, 0.717) is 42.2 Å². The van der Waals surface area contributed by atoms with Crippen molar-refractivity contribution in [2.45, 2.75) is 81.8 Å². The highest BCUT2D eigenvalue weighted by Crippen LogP contribution is 2.60. The summed E-state index contributed by atoms with van der Waals surface area (Å²) in [6, 6.07) is 5.10. The normalized spacial score (nSPS) is 28.9. The number of benzene rings is 1. The number of carbonyl (C=O) groups is 3. The fraction of sp³-hybridized carbons (Fsp3) is 0.667. The highest BCUT2D eigenvalue weighted by atomic mass is 35.5. The van der Waals surface area contributed by atoms with Crippen molar-refractivity contribution in [1.82, 2.24) is 4.90 Å². The topological polar surface area (TPSA) is 117 Å². The van der Waals surface area contributed by atoms with E-state index in [0.717, 1.165) is 12.8 Å². The van der Waals surface area contributed by atoms with E-state index in [1.165, 1.54) is 7.11 Å². The maximum Gasteiger partial charge on any atom is 0.305 e. The van der Waals surface area contributed by atoms with Gasteiger partial charge in [0.2, 0.25) is 5.91 Å². The van der Waals surface area contributed by atoms with Gasteiger partial charge in [-0.3, -0.25) is 14.4 Å². The minimum Gasteiger partial charge on any atom is -0.469 e. The molecule has 2 saturated heterocycles. The molecule has 0 saturated carbocycles. The van der Waals surface area contributed by atoms with Crippen molar-refractivity contribution in [3.8, 4) is 0 Å². The Morgan fingerprint density at radius 2 is 2.03 bits per heavy atom. The Hall–Kier alpha value is -1.98. The van der Waals surface area contributed by atoms with E-state index in [9.17, 15) is 24.3 Å². The van der Waals surface area contributed by atoms with Gasteiger partial charge in [0.1, 0.15) is 0 Å². The van der Waals surface area contributed by atoms with Crippen LogP contribution in [0.2, 0.25) is 23.7 Å². The summed E-state index contributed by atoms with van der Waals surface area (Å²) in [5, 5.41) is 10.2. The number of hydrogen-bond acceptors (Lipinski definition) is 7. The molecule has 2 N–H and O–H groups in total. The van der Waals surface area contributed by atoms with Crippen LogP contribution >= 0.6 is 11.6 Å². The number of methoxy groups -OCH3 is 1. The first-order valence-electron chi connectivity index (χ1n) is 13.4. The monoisotopic (exact) mass is 566 g/mol. The number of carbonyl (C=O) groups excluding carboxylic acids is 3. The first-order valence-corrected chi connectivity index (χ1v) is 16.8. The number of hydrogen-bond donors (Lipinski definition) is 2. The highest BCUT2D eigenvalue weighted by Gasteiger charge is 2.66. The molecule has 2 fully saturated rings. The number of rotatable bonds is 9. The lowest BCUT2D eigenvalue weighted by Gasteiger charge is -2.32. The van der Waals surface area contributed by atoms with Gasteiger partial charge in [-0.2, -0.15) is 0 Å². The Labute approximate surface area is 230 Å². The van der Waals surface area contributed by atoms with Crippen LogP contribution < -0.4 is 4.90 Å². The average molecular weight is 567 g/mol. The van der Waals surface area contributed by atoms with Crippen molar-refractivity contribution in [2.24, 2.45) is 5.92 Å². The van der Waals surface area contributed by atoms with Crippen molar-refractivity contribution in [1.29, 1.82) is 0 Å². The maximum absolute atomic E-state index is 14.2. The fourth-order valence-corrected chi connectivity index (χ4v) is 9.48. The molecule has 0 aliphatic carbocycles. The summed E-state index contributed by atoms with van der Waals surface area (Å²) in [7, 11) is -1.56. The molecule has 5 atom stereocenters. The smallest absolute Gasteiger partial charge is 0.305 e. The fourth-order valence-electron chi connectivity index (χ4n) is 6.76. The lowest BCUT2D eigenvalue weighted by molar-refractivity contribution is -0.150. The van der Waals surface area contributed by atoms with Crippen molar-refractivity contribution in [2.75, 3.05) is 31.7 Å². The Morgan fingerprint density at radius 3 is 2.68 bits per heavy atom. The number of halogens is 1. The lowest BCUT2D eigenvalue weighted by atomic mass is 9.82. The molecule has 3 aliphatic heterocycles. The van der Waals surface area contributed by atoms with Crippen LogP contribution in [0.1, 0.15) is 51.0 Å². The zero-order valence-corrected chi connectivity index (χ0v) is 24.4. The van der Waals surface area contributed by atoms with Gasteiger partial charge in [0.05, 0.1) is 38.0 Å². The number of esters is 1. The summed E-state index contributed by atoms with van der Waals surface area (Å²) >= 11 is 6.41. The van der Waals surface area contributed by atoms with Crippen LogP contribution in [0.4, 0.5) is 5.69 Å². The van der Waals surface area contributed by atoms with Gasteiger partial charge in [-0.15, -0.1) is 0 Å². The van der Waals surface area contributed by atoms with E-state index in [4.69, 9.17) is 21.1 Å². The summed E-state index contributed by atoms with van der Waals surface area (Å²) in [5.74, 6) is -1.05. The van der Waals surface area contributed by atoms with Crippen LogP contribution in [0.3, 0.4) is 0 Å². The Kier molecular flexibility index (Phi) is 8.59. The zero-order chi connectivity index (χ0) is 27.8. The van der Waals surface area contributed by atoms with Crippen LogP contribution in [0.5, 0.6) is 0 Å². The molecule has 3 heterocycles. The molecule has 0 aromatic heterocycles. The molecule has 9 nitrogen and oxygen atoms in total. The van der Waals surface area contributed by atoms with E-state index in [1.54, 1.807) is 21.9 Å². The molecule has 11 heteroatoms. The van der Waals surface area contributed by atoms with E-state index < -0.39 is 25.9 Å². The number of unbranched alkanes of at least 4 members (excludes halogenated alkanes) is 1. The number of aliphatic hydroxyl groups excluding tert-OH is 1. The molecular formula is C27H39ClN2O7Si. The van der Waals surface area contributed by atoms with Gasteiger partial charge in [0, 0.05) is 41.6 Å². The molecule has 1 spiro atoms. The largest absolute Gasteiger partial charge is 0.469 e. The predicted octanol–water partition coefficient (Wildman–Crippen LogP) is 3.20. The SMILES string of the molecule is COC(=O)CCCCN1C(=O)[C@]2(O[C@H](CC(=O)N3CCC[C@H]3CO)[C@@H]([Si](C)(C)O)[C@@H]2C)c2cc(Cl)ccc21. The number of aliphatic hydroxyl groups is 1. The second kappa shape index (κ2) is 11.2. The summed E-state index contributed by atoms with van der Waals surface area (Å²) in [5.41, 5.74) is -0.390. The zero-order valence-electron chi connectivity index (χ0n) is 22.6. The van der Waals surface area contributed by atoms with Crippen molar-refractivity contribution >= 4 is 43.4 Å². The van der Waals surface area contributed by atoms with E-state index in [2.05, 4.69) is 0 Å². The molecule has 3 aliphatic rings. The van der Waals surface area contributed by atoms with Crippen LogP contribution in [-0.2, 0) is 29.5 Å². The third-order valence-corrected chi connectivity index (χ3v) is 11.2. The summed E-state index contributed by atoms with van der Waals surface area (Å²) in [6.45, 7) is 6.46. The van der Waals surface area contributed by atoms with E-state index in [-0.39, 0.29) is 48.8 Å². The second-order valence-electron chi connectivity index (χ2n) is 11.3. The van der Waals surface area contributed by atoms with Gasteiger partial charge in [-0.25, -0.2) is 0 Å².